The molecule has 5 nitrogen and oxygen atoms in total. The Morgan fingerprint density at radius 2 is 1.40 bits per heavy atom. The van der Waals surface area contributed by atoms with Gasteiger partial charge in [-0.25, -0.2) is 0 Å². The average Bonchev–Trinajstić information content (AvgIpc) is 2.82. The molecule has 0 aliphatic carbocycles. The van der Waals surface area contributed by atoms with Gasteiger partial charge in [0.2, 0.25) is 0 Å². The second-order valence-electron chi connectivity index (χ2n) is 7.16. The van der Waals surface area contributed by atoms with Crippen LogP contribution in [0.3, 0.4) is 0 Å². The minimum Gasteiger partial charge on any atom is -0.377 e. The Labute approximate surface area is 182 Å². The zero-order chi connectivity index (χ0) is 21.7. The van der Waals surface area contributed by atoms with Crippen LogP contribution in [0.2, 0.25) is 6.04 Å². The molecule has 6 heteroatoms. The average molecular weight is 429 g/mol. The molecule has 0 bridgehead atoms. The minimum atomic E-state index is -2.47. The molecule has 0 radical (unpaired) electrons. The molecule has 2 atom stereocenters. The maximum Gasteiger partial charge on any atom is 0.500 e. The lowest BCUT2D eigenvalue weighted by Gasteiger charge is -2.27. The Bertz CT molecular complexity index is 703. The van der Waals surface area contributed by atoms with Gasteiger partial charge in [0.05, 0.1) is 0 Å². The fourth-order valence-electron chi connectivity index (χ4n) is 3.68. The fraction of sp³-hybridized carbons (Fsp3) is 0.417. The smallest absolute Gasteiger partial charge is 0.377 e. The van der Waals surface area contributed by atoms with Crippen LogP contribution in [0.15, 0.2) is 73.3 Å². The van der Waals surface area contributed by atoms with Crippen molar-refractivity contribution < 1.29 is 13.3 Å². The van der Waals surface area contributed by atoms with Crippen LogP contribution in [0.1, 0.15) is 29.5 Å². The summed E-state index contributed by atoms with van der Waals surface area (Å²) in [7, 11) is 2.50. The van der Waals surface area contributed by atoms with Gasteiger partial charge in [0.1, 0.15) is 0 Å². The molecule has 0 fully saturated rings. The Morgan fingerprint density at radius 1 is 0.833 bits per heavy atom. The van der Waals surface area contributed by atoms with Gasteiger partial charge in [-0.1, -0.05) is 66.7 Å². The molecule has 30 heavy (non-hydrogen) atoms. The Balaban J connectivity index is 1.88. The fourth-order valence-corrected chi connectivity index (χ4v) is 5.40. The van der Waals surface area contributed by atoms with E-state index in [0.717, 1.165) is 32.1 Å². The monoisotopic (exact) mass is 428 g/mol. The zero-order valence-corrected chi connectivity index (χ0v) is 19.5. The van der Waals surface area contributed by atoms with E-state index in [1.807, 2.05) is 12.1 Å². The highest BCUT2D eigenvalue weighted by Gasteiger charge is 2.36. The topological polar surface area (TPSA) is 51.8 Å². The van der Waals surface area contributed by atoms with Crippen molar-refractivity contribution in [3.63, 3.8) is 0 Å². The number of benzene rings is 2. The SMILES string of the molecule is C=CC(c1ccccc1)C(NCCNCCC[Si](OC)(OC)OC)c1ccccc1. The lowest BCUT2D eigenvalue weighted by atomic mass is 9.87. The lowest BCUT2D eigenvalue weighted by Crippen LogP contribution is -2.43. The van der Waals surface area contributed by atoms with E-state index in [-0.39, 0.29) is 12.0 Å². The van der Waals surface area contributed by atoms with E-state index in [0.29, 0.717) is 0 Å². The van der Waals surface area contributed by atoms with E-state index in [4.69, 9.17) is 13.3 Å². The molecule has 2 N–H and O–H groups in total. The van der Waals surface area contributed by atoms with Crippen LogP contribution in [0.5, 0.6) is 0 Å². The normalized spacial score (nSPS) is 13.7. The maximum atomic E-state index is 5.47. The predicted molar refractivity (Wildman–Crippen MR) is 126 cm³/mol. The van der Waals surface area contributed by atoms with Crippen molar-refractivity contribution in [3.8, 4) is 0 Å². The van der Waals surface area contributed by atoms with Crippen LogP contribution >= 0.6 is 0 Å². The minimum absolute atomic E-state index is 0.170. The summed E-state index contributed by atoms with van der Waals surface area (Å²) in [4.78, 5) is 0. The summed E-state index contributed by atoms with van der Waals surface area (Å²) < 4.78 is 16.4. The summed E-state index contributed by atoms with van der Waals surface area (Å²) >= 11 is 0. The van der Waals surface area contributed by atoms with Crippen molar-refractivity contribution in [3.05, 3.63) is 84.4 Å². The van der Waals surface area contributed by atoms with Gasteiger partial charge in [0.25, 0.3) is 0 Å². The molecule has 0 aliphatic rings. The van der Waals surface area contributed by atoms with E-state index in [9.17, 15) is 0 Å². The Kier molecular flexibility index (Phi) is 11.0. The molecule has 164 valence electrons. The van der Waals surface area contributed by atoms with Crippen LogP contribution in [-0.4, -0.2) is 49.8 Å². The van der Waals surface area contributed by atoms with Gasteiger partial charge in [0.15, 0.2) is 0 Å². The van der Waals surface area contributed by atoms with Crippen molar-refractivity contribution in [2.24, 2.45) is 0 Å². The zero-order valence-electron chi connectivity index (χ0n) is 18.5. The molecule has 0 aromatic heterocycles. The third-order valence-electron chi connectivity index (χ3n) is 5.39. The van der Waals surface area contributed by atoms with Crippen molar-refractivity contribution in [2.45, 2.75) is 24.4 Å². The van der Waals surface area contributed by atoms with Crippen LogP contribution in [0, 0.1) is 0 Å². The first-order valence-corrected chi connectivity index (χ1v) is 12.4. The third kappa shape index (κ3) is 7.16. The number of rotatable bonds is 15. The summed E-state index contributed by atoms with van der Waals surface area (Å²) in [5.41, 5.74) is 2.53. The van der Waals surface area contributed by atoms with E-state index in [1.165, 1.54) is 11.1 Å². The van der Waals surface area contributed by atoms with Crippen molar-refractivity contribution in [1.29, 1.82) is 0 Å². The molecule has 2 unspecified atom stereocenters. The first-order chi connectivity index (χ1) is 14.7. The Hall–Kier alpha value is -1.80. The Morgan fingerprint density at radius 3 is 1.93 bits per heavy atom. The molecule has 2 aromatic rings. The number of hydrogen-bond acceptors (Lipinski definition) is 5. The van der Waals surface area contributed by atoms with Crippen molar-refractivity contribution in [2.75, 3.05) is 41.0 Å². The summed E-state index contributed by atoms with van der Waals surface area (Å²) in [6.07, 6.45) is 2.99. The molecular formula is C24H36N2O3Si. The quantitative estimate of drug-likeness (QED) is 0.254. The molecule has 0 aliphatic heterocycles. The second kappa shape index (κ2) is 13.5. The first kappa shape index (κ1) is 24.5. The second-order valence-corrected chi connectivity index (χ2v) is 10.3. The van der Waals surface area contributed by atoms with Gasteiger partial charge in [0, 0.05) is 52.4 Å². The predicted octanol–water partition coefficient (Wildman–Crippen LogP) is 4.14. The lowest BCUT2D eigenvalue weighted by molar-refractivity contribution is 0.123. The largest absolute Gasteiger partial charge is 0.500 e. The molecule has 0 amide bonds. The van der Waals surface area contributed by atoms with E-state index >= 15 is 0 Å². The van der Waals surface area contributed by atoms with Crippen LogP contribution in [-0.2, 0) is 13.3 Å². The van der Waals surface area contributed by atoms with Crippen LogP contribution < -0.4 is 10.6 Å². The van der Waals surface area contributed by atoms with Gasteiger partial charge in [-0.2, -0.15) is 0 Å². The van der Waals surface area contributed by atoms with Crippen LogP contribution in [0.25, 0.3) is 0 Å². The van der Waals surface area contributed by atoms with Gasteiger partial charge in [-0.15, -0.1) is 6.58 Å². The third-order valence-corrected chi connectivity index (χ3v) is 8.22. The first-order valence-electron chi connectivity index (χ1n) is 10.5. The number of hydrogen-bond donors (Lipinski definition) is 2. The van der Waals surface area contributed by atoms with Gasteiger partial charge in [-0.3, -0.25) is 0 Å². The number of nitrogens with one attached hydrogen (secondary N) is 2. The summed E-state index contributed by atoms with van der Waals surface area (Å²) in [5.74, 6) is 0.199. The molecule has 2 rings (SSSR count). The highest BCUT2D eigenvalue weighted by atomic mass is 28.4. The van der Waals surface area contributed by atoms with E-state index < -0.39 is 8.80 Å². The molecule has 2 aromatic carbocycles. The molecule has 0 saturated carbocycles. The standard InChI is InChI=1S/C24H36N2O3Si/c1-5-23(21-13-8-6-9-14-21)24(22-15-10-7-11-16-22)26-19-18-25-17-12-20-30(27-2,28-3)29-4/h5-11,13-16,23-26H,1,12,17-20H2,2-4H3. The maximum absolute atomic E-state index is 5.47. The molecule has 0 spiro atoms. The summed E-state index contributed by atoms with van der Waals surface area (Å²) in [6, 6.07) is 22.1. The van der Waals surface area contributed by atoms with Crippen LogP contribution in [0.4, 0.5) is 0 Å². The molecule has 0 heterocycles. The summed E-state index contributed by atoms with van der Waals surface area (Å²) in [5, 5.41) is 7.23. The molecular weight excluding hydrogens is 392 g/mol. The van der Waals surface area contributed by atoms with Crippen molar-refractivity contribution in [1.82, 2.24) is 10.6 Å². The summed E-state index contributed by atoms with van der Waals surface area (Å²) in [6.45, 7) is 6.75. The molecule has 0 saturated heterocycles. The van der Waals surface area contributed by atoms with Crippen molar-refractivity contribution >= 4 is 8.80 Å². The van der Waals surface area contributed by atoms with E-state index in [1.54, 1.807) is 21.3 Å². The van der Waals surface area contributed by atoms with Gasteiger partial charge < -0.3 is 23.9 Å². The van der Waals surface area contributed by atoms with Gasteiger partial charge in [-0.05, 0) is 24.1 Å². The van der Waals surface area contributed by atoms with Gasteiger partial charge >= 0.3 is 8.80 Å². The highest BCUT2D eigenvalue weighted by molar-refractivity contribution is 6.60. The van der Waals surface area contributed by atoms with E-state index in [2.05, 4.69) is 71.8 Å². The highest BCUT2D eigenvalue weighted by Crippen LogP contribution is 2.31.